The molecule has 0 radical (unpaired) electrons. The second-order valence-electron chi connectivity index (χ2n) is 12.2. The van der Waals surface area contributed by atoms with E-state index >= 15 is 0 Å². The first kappa shape index (κ1) is 32.4. The van der Waals surface area contributed by atoms with E-state index < -0.39 is 23.8 Å². The molecule has 0 bridgehead atoms. The highest BCUT2D eigenvalue weighted by Gasteiger charge is 2.38. The van der Waals surface area contributed by atoms with E-state index in [-0.39, 0.29) is 24.3 Å². The minimum Gasteiger partial charge on any atom is -0.444 e. The lowest BCUT2D eigenvalue weighted by Crippen LogP contribution is -2.55. The Balaban J connectivity index is 2.11. The average molecular weight is 572 g/mol. The van der Waals surface area contributed by atoms with Crippen molar-refractivity contribution in [2.45, 2.75) is 92.5 Å². The number of hydrogen-bond donors (Lipinski definition) is 2. The highest BCUT2D eigenvalue weighted by Crippen LogP contribution is 2.31. The van der Waals surface area contributed by atoms with E-state index in [0.29, 0.717) is 0 Å². The summed E-state index contributed by atoms with van der Waals surface area (Å²) in [5, 5.41) is 5.93. The van der Waals surface area contributed by atoms with Crippen LogP contribution in [0.25, 0.3) is 0 Å². The van der Waals surface area contributed by atoms with E-state index in [1.165, 1.54) is 0 Å². The molecule has 3 aromatic rings. The molecule has 0 spiro atoms. The fourth-order valence-corrected chi connectivity index (χ4v) is 5.11. The lowest BCUT2D eigenvalue weighted by Gasteiger charge is -2.38. The van der Waals surface area contributed by atoms with Crippen molar-refractivity contribution in [1.82, 2.24) is 10.2 Å². The molecule has 2 N–H and O–H groups in total. The molecule has 3 amide bonds. The van der Waals surface area contributed by atoms with Crippen molar-refractivity contribution in [3.8, 4) is 0 Å². The number of nitrogens with zero attached hydrogens (tertiary/aromatic N) is 1. The fraction of sp³-hybridized carbons (Fsp3) is 0.400. The molecule has 2 unspecified atom stereocenters. The SMILES string of the molecule is Cc1ccc(C(C(=O)Nc2c(C)cccc2C)N(C(=O)C(Cc2ccccc2)NC(=O)OC(C)(C)C)C(C)C)c(C)c1. The van der Waals surface area contributed by atoms with Crippen LogP contribution in [-0.2, 0) is 20.7 Å². The van der Waals surface area contributed by atoms with Gasteiger partial charge in [-0.1, -0.05) is 72.3 Å². The van der Waals surface area contributed by atoms with Gasteiger partial charge in [0.2, 0.25) is 5.91 Å². The van der Waals surface area contributed by atoms with Gasteiger partial charge in [0.05, 0.1) is 0 Å². The van der Waals surface area contributed by atoms with Gasteiger partial charge in [-0.15, -0.1) is 0 Å². The van der Waals surface area contributed by atoms with Gasteiger partial charge in [0, 0.05) is 18.2 Å². The Morgan fingerprint density at radius 2 is 1.45 bits per heavy atom. The molecule has 7 nitrogen and oxygen atoms in total. The summed E-state index contributed by atoms with van der Waals surface area (Å²) in [7, 11) is 0. The monoisotopic (exact) mass is 571 g/mol. The molecule has 0 aromatic heterocycles. The van der Waals surface area contributed by atoms with E-state index in [9.17, 15) is 14.4 Å². The Kier molecular flexibility index (Phi) is 10.6. The number of carbonyl (C=O) groups excluding carboxylic acids is 3. The van der Waals surface area contributed by atoms with Crippen LogP contribution in [0.2, 0.25) is 0 Å². The molecule has 0 aliphatic carbocycles. The van der Waals surface area contributed by atoms with Crippen molar-refractivity contribution in [3.63, 3.8) is 0 Å². The van der Waals surface area contributed by atoms with Crippen LogP contribution in [0.4, 0.5) is 10.5 Å². The predicted molar refractivity (Wildman–Crippen MR) is 168 cm³/mol. The zero-order valence-corrected chi connectivity index (χ0v) is 26.4. The lowest BCUT2D eigenvalue weighted by molar-refractivity contribution is -0.142. The van der Waals surface area contributed by atoms with Gasteiger partial charge in [0.1, 0.15) is 17.7 Å². The van der Waals surface area contributed by atoms with Gasteiger partial charge >= 0.3 is 6.09 Å². The van der Waals surface area contributed by atoms with Crippen LogP contribution in [0.1, 0.15) is 74.0 Å². The van der Waals surface area contributed by atoms with Gasteiger partial charge in [-0.25, -0.2) is 4.79 Å². The molecular formula is C35H45N3O4. The number of aryl methyl sites for hydroxylation is 4. The van der Waals surface area contributed by atoms with Crippen LogP contribution in [0.15, 0.2) is 66.7 Å². The summed E-state index contributed by atoms with van der Waals surface area (Å²) >= 11 is 0. The van der Waals surface area contributed by atoms with Crippen molar-refractivity contribution in [2.75, 3.05) is 5.32 Å². The maximum atomic E-state index is 14.5. The van der Waals surface area contributed by atoms with Crippen LogP contribution in [-0.4, -0.2) is 40.5 Å². The highest BCUT2D eigenvalue weighted by molar-refractivity contribution is 6.00. The number of amides is 3. The third-order valence-electron chi connectivity index (χ3n) is 7.06. The van der Waals surface area contributed by atoms with Crippen LogP contribution >= 0.6 is 0 Å². The summed E-state index contributed by atoms with van der Waals surface area (Å²) in [6, 6.07) is 18.9. The number of carbonyl (C=O) groups is 3. The summed E-state index contributed by atoms with van der Waals surface area (Å²) in [4.78, 5) is 43.4. The summed E-state index contributed by atoms with van der Waals surface area (Å²) < 4.78 is 5.53. The largest absolute Gasteiger partial charge is 0.444 e. The molecule has 0 aliphatic heterocycles. The van der Waals surface area contributed by atoms with Gasteiger partial charge in [0.25, 0.3) is 5.91 Å². The first-order valence-corrected chi connectivity index (χ1v) is 14.5. The van der Waals surface area contributed by atoms with Crippen LogP contribution in [0, 0.1) is 27.7 Å². The van der Waals surface area contributed by atoms with Crippen molar-refractivity contribution in [1.29, 1.82) is 0 Å². The van der Waals surface area contributed by atoms with Crippen molar-refractivity contribution in [2.24, 2.45) is 0 Å². The standard InChI is InChI=1S/C35H45N3O4/c1-22(2)38(33(40)29(21-27-16-11-10-12-17-27)36-34(41)42-35(7,8)9)31(28-19-18-23(3)20-26(28)6)32(39)37-30-24(4)14-13-15-25(30)5/h10-20,22,29,31H,21H2,1-9H3,(H,36,41)(H,37,39). The molecule has 0 saturated heterocycles. The van der Waals surface area contributed by atoms with Crippen molar-refractivity contribution < 1.29 is 19.1 Å². The minimum absolute atomic E-state index is 0.236. The number of nitrogens with one attached hydrogen (secondary N) is 2. The van der Waals surface area contributed by atoms with E-state index in [2.05, 4.69) is 10.6 Å². The first-order chi connectivity index (χ1) is 19.7. The number of benzene rings is 3. The Labute approximate surface area is 250 Å². The topological polar surface area (TPSA) is 87.7 Å². The van der Waals surface area contributed by atoms with E-state index in [0.717, 1.165) is 39.1 Å². The summed E-state index contributed by atoms with van der Waals surface area (Å²) in [5.41, 5.74) is 5.39. The normalized spacial score (nSPS) is 12.8. The van der Waals surface area contributed by atoms with Gasteiger partial charge in [-0.3, -0.25) is 9.59 Å². The molecule has 42 heavy (non-hydrogen) atoms. The fourth-order valence-electron chi connectivity index (χ4n) is 5.11. The van der Waals surface area contributed by atoms with E-state index in [1.807, 2.05) is 108 Å². The van der Waals surface area contributed by atoms with Crippen LogP contribution in [0.3, 0.4) is 0 Å². The second kappa shape index (κ2) is 13.7. The second-order valence-corrected chi connectivity index (χ2v) is 12.2. The van der Waals surface area contributed by atoms with Gasteiger partial charge in [-0.2, -0.15) is 0 Å². The smallest absolute Gasteiger partial charge is 0.408 e. The Morgan fingerprint density at radius 1 is 0.833 bits per heavy atom. The molecule has 0 fully saturated rings. The first-order valence-electron chi connectivity index (χ1n) is 14.5. The summed E-state index contributed by atoms with van der Waals surface area (Å²) in [6.07, 6.45) is -0.455. The van der Waals surface area contributed by atoms with Crippen LogP contribution in [0.5, 0.6) is 0 Å². The average Bonchev–Trinajstić information content (AvgIpc) is 2.88. The Hall–Kier alpha value is -4.13. The quantitative estimate of drug-likeness (QED) is 0.290. The maximum Gasteiger partial charge on any atom is 0.408 e. The number of alkyl carbamates (subject to hydrolysis) is 1. The van der Waals surface area contributed by atoms with E-state index in [1.54, 1.807) is 25.7 Å². The van der Waals surface area contributed by atoms with Crippen molar-refractivity contribution in [3.05, 3.63) is 100 Å². The van der Waals surface area contributed by atoms with E-state index in [4.69, 9.17) is 4.74 Å². The van der Waals surface area contributed by atoms with Crippen molar-refractivity contribution >= 4 is 23.6 Å². The number of hydrogen-bond acceptors (Lipinski definition) is 4. The molecule has 0 saturated carbocycles. The molecule has 0 heterocycles. The molecule has 3 aromatic carbocycles. The third-order valence-corrected chi connectivity index (χ3v) is 7.06. The zero-order chi connectivity index (χ0) is 31.2. The third kappa shape index (κ3) is 8.44. The molecule has 2 atom stereocenters. The molecule has 0 aliphatic rings. The predicted octanol–water partition coefficient (Wildman–Crippen LogP) is 6.97. The molecule has 3 rings (SSSR count). The van der Waals surface area contributed by atoms with Gasteiger partial charge in [-0.05, 0) is 90.1 Å². The molecule has 224 valence electrons. The molecular weight excluding hydrogens is 526 g/mol. The maximum absolute atomic E-state index is 14.5. The number of anilines is 1. The molecule has 7 heteroatoms. The summed E-state index contributed by atoms with van der Waals surface area (Å²) in [5.74, 6) is -0.696. The van der Waals surface area contributed by atoms with Gasteiger partial charge < -0.3 is 20.3 Å². The summed E-state index contributed by atoms with van der Waals surface area (Å²) in [6.45, 7) is 16.9. The Bertz CT molecular complexity index is 1390. The lowest BCUT2D eigenvalue weighted by atomic mass is 9.94. The minimum atomic E-state index is -0.967. The number of para-hydroxylation sites is 1. The zero-order valence-electron chi connectivity index (χ0n) is 26.4. The highest BCUT2D eigenvalue weighted by atomic mass is 16.6. The van der Waals surface area contributed by atoms with Crippen LogP contribution < -0.4 is 10.6 Å². The number of rotatable bonds is 9. The Morgan fingerprint density at radius 3 is 2.00 bits per heavy atom. The number of ether oxygens (including phenoxy) is 1. The van der Waals surface area contributed by atoms with Gasteiger partial charge in [0.15, 0.2) is 0 Å².